The Kier molecular flexibility index (Phi) is 32.1. The molecule has 1 aliphatic heterocycles. The van der Waals surface area contributed by atoms with E-state index in [9.17, 15) is 56.3 Å². The first-order chi connectivity index (χ1) is 43.9. The molecule has 4 fully saturated rings. The molecule has 0 bridgehead atoms. The van der Waals surface area contributed by atoms with Gasteiger partial charge in [-0.2, -0.15) is 13.2 Å². The number of hydrogen-bond acceptors (Lipinski definition) is 11. The molecule has 0 aromatic rings. The predicted octanol–water partition coefficient (Wildman–Crippen LogP) is 6.71. The van der Waals surface area contributed by atoms with Gasteiger partial charge in [0.1, 0.15) is 42.3 Å². The van der Waals surface area contributed by atoms with Crippen molar-refractivity contribution in [1.29, 1.82) is 0 Å². The zero-order valence-corrected chi connectivity index (χ0v) is 60.1. The maximum atomic E-state index is 15.3. The summed E-state index contributed by atoms with van der Waals surface area (Å²) in [4.78, 5) is 168. The largest absolute Gasteiger partial charge is 0.393 e. The van der Waals surface area contributed by atoms with Crippen LogP contribution < -0.4 is 21.3 Å². The van der Waals surface area contributed by atoms with Crippen LogP contribution in [0, 0.1) is 41.4 Å². The smallest absolute Gasteiger partial charge is 0.351 e. The number of carbonyl (C=O) groups excluding carboxylic acids is 11. The third-order valence-corrected chi connectivity index (χ3v) is 21.0. The first-order valence-electron chi connectivity index (χ1n) is 34.2. The van der Waals surface area contributed by atoms with Crippen LogP contribution in [-0.2, 0) is 52.7 Å². The third kappa shape index (κ3) is 24.0. The van der Waals surface area contributed by atoms with E-state index in [1.807, 2.05) is 34.6 Å². The fraction of sp³-hybridized carbons (Fsp3) is 0.836. The quantitative estimate of drug-likeness (QED) is 0.141. The molecule has 0 aromatic carbocycles. The molecule has 3 saturated carbocycles. The Labute approximate surface area is 566 Å². The fourth-order valence-electron chi connectivity index (χ4n) is 13.5. The molecule has 536 valence electrons. The minimum atomic E-state index is -4.51. The number of likely N-dealkylation sites (N-methyl/N-ethyl adjacent to an activating group) is 7. The standard InChI is InChI=1S/C67H112Cl2F3N11O11/c1-16-41(6)59-66(94)79(11)37-57(86)77(9)38-58(87)81(13)53(35-46-22-26-47(68)27-23-46)64(92)78(10)36-55(84)74-50(29-25-45-24-28-48(49(69)33-45)67(70,71)72)61(89)75-51(30-39(2)3)63(91)83(15)54(34-44-20-18-17-19-21-44)65(93)82(14)52(31-40(4)5)62(90)73-42(7)32-56(85)80(12)43(8)60(88)76-59/h39-54,59H,16-38H2,1-15H3,(H,73,90)(H,74,84)(H,75,89)(H,76,88)/t41-,42+,43-,45?,46?,47?,48?,49?,50-,51-,52-,53-,54-,59-/m0/s1. The summed E-state index contributed by atoms with van der Waals surface area (Å²) in [6.07, 6.45) is 3.37. The van der Waals surface area contributed by atoms with E-state index in [0.717, 1.165) is 46.8 Å². The van der Waals surface area contributed by atoms with E-state index in [2.05, 4.69) is 21.3 Å². The molecular formula is C67H112Cl2F3N11O11. The zero-order chi connectivity index (χ0) is 70.8. The topological polar surface area (TPSA) is 259 Å². The Morgan fingerprint density at radius 2 is 1.04 bits per heavy atom. The van der Waals surface area contributed by atoms with Crippen LogP contribution in [0.2, 0.25) is 0 Å². The summed E-state index contributed by atoms with van der Waals surface area (Å²) < 4.78 is 41.9. The van der Waals surface area contributed by atoms with E-state index in [-0.39, 0.29) is 99.2 Å². The lowest BCUT2D eigenvalue weighted by molar-refractivity contribution is -0.182. The van der Waals surface area contributed by atoms with Gasteiger partial charge in [0.15, 0.2) is 0 Å². The van der Waals surface area contributed by atoms with Crippen molar-refractivity contribution in [2.45, 2.75) is 249 Å². The van der Waals surface area contributed by atoms with Crippen LogP contribution in [0.15, 0.2) is 0 Å². The molecule has 0 radical (unpaired) electrons. The molecule has 12 atom stereocenters. The number of halogens is 5. The predicted molar refractivity (Wildman–Crippen MR) is 354 cm³/mol. The molecule has 94 heavy (non-hydrogen) atoms. The second-order valence-electron chi connectivity index (χ2n) is 28.7. The van der Waals surface area contributed by atoms with Crippen molar-refractivity contribution < 1.29 is 65.9 Å². The SMILES string of the molecule is CC[C@H](C)[C@@H]1NC(=O)[C@H](C)N(C)C(=O)C[C@@H](C)NC(=O)[C@H](CC(C)C)N(C)C(=O)[C@H](CC2CCCCC2)N(C)C(=O)[C@H](CC(C)C)NC(=O)[C@H](CCC2CCC(C(F)(F)F)C(Cl)C2)NC(=O)CN(C)C(=O)[C@H](CC2CCC(Cl)CC2)N(C)C(=O)CN(C)C(=O)CN(C)C1=O. The van der Waals surface area contributed by atoms with Gasteiger partial charge < -0.3 is 55.6 Å². The molecule has 4 aliphatic rings. The van der Waals surface area contributed by atoms with E-state index in [1.54, 1.807) is 13.8 Å². The maximum Gasteiger partial charge on any atom is 0.393 e. The van der Waals surface area contributed by atoms with Gasteiger partial charge in [0, 0.05) is 72.6 Å². The Balaban J connectivity index is 1.83. The van der Waals surface area contributed by atoms with Crippen LogP contribution in [0.3, 0.4) is 0 Å². The second-order valence-corrected chi connectivity index (χ2v) is 29.9. The van der Waals surface area contributed by atoms with Gasteiger partial charge in [0.25, 0.3) is 0 Å². The average molecular weight is 1380 g/mol. The number of nitrogens with one attached hydrogen (secondary N) is 4. The van der Waals surface area contributed by atoms with Crippen molar-refractivity contribution in [2.75, 3.05) is 69.0 Å². The van der Waals surface area contributed by atoms with Crippen LogP contribution in [0.1, 0.15) is 184 Å². The first kappa shape index (κ1) is 81.0. The number of alkyl halides is 5. The Hall–Kier alpha value is -5.46. The summed E-state index contributed by atoms with van der Waals surface area (Å²) in [5.41, 5.74) is 0. The van der Waals surface area contributed by atoms with E-state index in [4.69, 9.17) is 23.2 Å². The summed E-state index contributed by atoms with van der Waals surface area (Å²) in [5, 5.41) is 10.1. The molecule has 22 nitrogen and oxygen atoms in total. The van der Waals surface area contributed by atoms with Crippen molar-refractivity contribution in [2.24, 2.45) is 41.4 Å². The monoisotopic (exact) mass is 1370 g/mol. The normalized spacial score (nSPS) is 30.6. The summed E-state index contributed by atoms with van der Waals surface area (Å²) in [5.74, 6) is -9.89. The summed E-state index contributed by atoms with van der Waals surface area (Å²) in [6, 6.07) is -9.07. The molecule has 1 saturated heterocycles. The minimum absolute atomic E-state index is 0.00870. The Morgan fingerprint density at radius 1 is 0.500 bits per heavy atom. The van der Waals surface area contributed by atoms with E-state index in [1.165, 1.54) is 75.9 Å². The van der Waals surface area contributed by atoms with Gasteiger partial charge in [0.2, 0.25) is 65.0 Å². The lowest BCUT2D eigenvalue weighted by Gasteiger charge is -2.38. The highest BCUT2D eigenvalue weighted by molar-refractivity contribution is 6.21. The molecule has 0 spiro atoms. The van der Waals surface area contributed by atoms with Crippen LogP contribution in [0.5, 0.6) is 0 Å². The highest BCUT2D eigenvalue weighted by atomic mass is 35.5. The van der Waals surface area contributed by atoms with Gasteiger partial charge >= 0.3 is 6.18 Å². The van der Waals surface area contributed by atoms with Gasteiger partial charge in [-0.05, 0) is 133 Å². The van der Waals surface area contributed by atoms with Crippen molar-refractivity contribution in [1.82, 2.24) is 55.6 Å². The molecule has 3 aliphatic carbocycles. The zero-order valence-electron chi connectivity index (χ0n) is 58.6. The molecule has 1 heterocycles. The molecule has 4 rings (SSSR count). The number of carbonyl (C=O) groups is 11. The van der Waals surface area contributed by atoms with Gasteiger partial charge in [-0.3, -0.25) is 52.7 Å². The van der Waals surface area contributed by atoms with Gasteiger partial charge in [0.05, 0.1) is 25.6 Å². The summed E-state index contributed by atoms with van der Waals surface area (Å²) >= 11 is 12.9. The van der Waals surface area contributed by atoms with Crippen LogP contribution in [0.4, 0.5) is 13.2 Å². The van der Waals surface area contributed by atoms with Gasteiger partial charge in [-0.15, -0.1) is 23.2 Å². The summed E-state index contributed by atoms with van der Waals surface area (Å²) in [6.45, 7) is 12.5. The summed E-state index contributed by atoms with van der Waals surface area (Å²) in [7, 11) is 9.98. The third-order valence-electron chi connectivity index (χ3n) is 20.1. The van der Waals surface area contributed by atoms with Crippen molar-refractivity contribution in [3.05, 3.63) is 0 Å². The van der Waals surface area contributed by atoms with E-state index in [0.29, 0.717) is 32.1 Å². The molecular weight excluding hydrogens is 1260 g/mol. The van der Waals surface area contributed by atoms with Crippen molar-refractivity contribution >= 4 is 88.2 Å². The van der Waals surface area contributed by atoms with Gasteiger partial charge in [-0.1, -0.05) is 80.1 Å². The Morgan fingerprint density at radius 3 is 1.61 bits per heavy atom. The van der Waals surface area contributed by atoms with Crippen LogP contribution in [-0.4, -0.2) is 234 Å². The van der Waals surface area contributed by atoms with E-state index < -0.39 is 156 Å². The maximum absolute atomic E-state index is 15.3. The lowest BCUT2D eigenvalue weighted by atomic mass is 9.78. The second kappa shape index (κ2) is 37.3. The number of nitrogens with zero attached hydrogens (tertiary/aromatic N) is 7. The first-order valence-corrected chi connectivity index (χ1v) is 35.1. The molecule has 27 heteroatoms. The lowest BCUT2D eigenvalue weighted by Crippen LogP contribution is -2.60. The number of amides is 11. The van der Waals surface area contributed by atoms with Gasteiger partial charge in [-0.25, -0.2) is 0 Å². The molecule has 0 aromatic heterocycles. The molecule has 11 amide bonds. The molecule has 3 unspecified atom stereocenters. The highest BCUT2D eigenvalue weighted by Gasteiger charge is 2.47. The van der Waals surface area contributed by atoms with Crippen LogP contribution in [0.25, 0.3) is 0 Å². The van der Waals surface area contributed by atoms with Crippen LogP contribution >= 0.6 is 23.2 Å². The number of hydrogen-bond donors (Lipinski definition) is 4. The number of rotatable bonds is 13. The van der Waals surface area contributed by atoms with Crippen molar-refractivity contribution in [3.8, 4) is 0 Å². The van der Waals surface area contributed by atoms with E-state index >= 15 is 9.59 Å². The fourth-order valence-corrected chi connectivity index (χ4v) is 14.3. The van der Waals surface area contributed by atoms with Crippen molar-refractivity contribution in [3.63, 3.8) is 0 Å². The highest BCUT2D eigenvalue weighted by Crippen LogP contribution is 2.44. The minimum Gasteiger partial charge on any atom is -0.351 e. The Bertz CT molecular complexity index is 2590. The molecule has 4 N–H and O–H groups in total. The average Bonchev–Trinajstić information content (AvgIpc) is 0.843.